The fourth-order valence-corrected chi connectivity index (χ4v) is 2.70. The minimum atomic E-state index is -1.03. The third kappa shape index (κ3) is 3.83. The maximum absolute atomic E-state index is 12.1. The molecule has 134 valence electrons. The Labute approximate surface area is 150 Å². The lowest BCUT2D eigenvalue weighted by atomic mass is 10.1. The number of amides is 2. The summed E-state index contributed by atoms with van der Waals surface area (Å²) in [4.78, 5) is 36.6. The molecule has 2 aromatic carbocycles. The number of hydrogen-bond donors (Lipinski definition) is 2. The summed E-state index contributed by atoms with van der Waals surface area (Å²) in [6.07, 6.45) is 0.582. The molecule has 26 heavy (non-hydrogen) atoms. The molecule has 0 saturated carbocycles. The summed E-state index contributed by atoms with van der Waals surface area (Å²) in [6, 6.07) is 13.1. The summed E-state index contributed by atoms with van der Waals surface area (Å²) in [5.41, 5.74) is 1.26. The molecular weight excluding hydrogens is 336 g/mol. The second kappa shape index (κ2) is 7.69. The number of rotatable bonds is 6. The molecule has 0 aliphatic carbocycles. The Bertz CT molecular complexity index is 832. The number of aromatic carboxylic acids is 1. The van der Waals surface area contributed by atoms with Gasteiger partial charge in [0.1, 0.15) is 5.75 Å². The van der Waals surface area contributed by atoms with Crippen LogP contribution in [0.5, 0.6) is 5.75 Å². The molecular formula is C19H18N2O5. The van der Waals surface area contributed by atoms with Gasteiger partial charge in [0, 0.05) is 18.7 Å². The lowest BCUT2D eigenvalue weighted by molar-refractivity contribution is -0.121. The van der Waals surface area contributed by atoms with Gasteiger partial charge in [0.15, 0.2) is 6.61 Å². The van der Waals surface area contributed by atoms with Crippen LogP contribution in [-0.2, 0) is 4.79 Å². The molecule has 0 saturated heterocycles. The van der Waals surface area contributed by atoms with Crippen LogP contribution in [-0.4, -0.2) is 42.6 Å². The summed E-state index contributed by atoms with van der Waals surface area (Å²) >= 11 is 0. The van der Waals surface area contributed by atoms with Gasteiger partial charge in [0.05, 0.1) is 11.3 Å². The zero-order chi connectivity index (χ0) is 18.5. The van der Waals surface area contributed by atoms with E-state index in [1.165, 1.54) is 24.3 Å². The summed E-state index contributed by atoms with van der Waals surface area (Å²) < 4.78 is 5.39. The van der Waals surface area contributed by atoms with Crippen LogP contribution in [0.4, 0.5) is 5.69 Å². The quantitative estimate of drug-likeness (QED) is 0.773. The average Bonchev–Trinajstić information content (AvgIpc) is 2.66. The first-order chi connectivity index (χ1) is 12.6. The maximum atomic E-state index is 12.1. The van der Waals surface area contributed by atoms with Gasteiger partial charge >= 0.3 is 5.97 Å². The first kappa shape index (κ1) is 17.5. The van der Waals surface area contributed by atoms with Crippen LogP contribution >= 0.6 is 0 Å². The lowest BCUT2D eigenvalue weighted by Gasteiger charge is -2.29. The molecule has 0 fully saturated rings. The van der Waals surface area contributed by atoms with Gasteiger partial charge in [-0.1, -0.05) is 12.1 Å². The van der Waals surface area contributed by atoms with Gasteiger partial charge in [-0.05, 0) is 42.8 Å². The van der Waals surface area contributed by atoms with Crippen molar-refractivity contribution in [3.63, 3.8) is 0 Å². The molecule has 7 heteroatoms. The van der Waals surface area contributed by atoms with E-state index in [0.717, 1.165) is 5.69 Å². The van der Waals surface area contributed by atoms with E-state index < -0.39 is 5.97 Å². The molecule has 2 N–H and O–H groups in total. The van der Waals surface area contributed by atoms with Gasteiger partial charge in [0.2, 0.25) is 0 Å². The first-order valence-electron chi connectivity index (χ1n) is 8.20. The minimum absolute atomic E-state index is 0.0132. The summed E-state index contributed by atoms with van der Waals surface area (Å²) in [6.45, 7) is 0.878. The largest absolute Gasteiger partial charge is 0.482 e. The molecule has 0 atom stereocenters. The zero-order valence-electron chi connectivity index (χ0n) is 14.0. The van der Waals surface area contributed by atoms with Gasteiger partial charge < -0.3 is 20.1 Å². The molecule has 1 aliphatic heterocycles. The van der Waals surface area contributed by atoms with Crippen LogP contribution in [0.3, 0.4) is 0 Å². The van der Waals surface area contributed by atoms with Crippen LogP contribution in [0, 0.1) is 0 Å². The van der Waals surface area contributed by atoms with Crippen molar-refractivity contribution in [2.45, 2.75) is 6.42 Å². The van der Waals surface area contributed by atoms with E-state index >= 15 is 0 Å². The Hall–Kier alpha value is -3.35. The number of benzene rings is 2. The van der Waals surface area contributed by atoms with E-state index in [0.29, 0.717) is 30.8 Å². The van der Waals surface area contributed by atoms with Gasteiger partial charge in [-0.15, -0.1) is 0 Å². The van der Waals surface area contributed by atoms with Gasteiger partial charge in [-0.3, -0.25) is 9.59 Å². The van der Waals surface area contributed by atoms with Crippen LogP contribution in [0.1, 0.15) is 27.1 Å². The Kier molecular flexibility index (Phi) is 5.17. The highest BCUT2D eigenvalue weighted by Crippen LogP contribution is 2.31. The van der Waals surface area contributed by atoms with E-state index in [9.17, 15) is 14.4 Å². The van der Waals surface area contributed by atoms with Crippen LogP contribution in [0.15, 0.2) is 48.5 Å². The number of fused-ring (bicyclic) bond motifs is 1. The van der Waals surface area contributed by atoms with E-state index in [1.54, 1.807) is 4.90 Å². The number of carboxylic acids is 1. The SMILES string of the molecule is O=C(O)c1ccc(C(=O)NCCCN2C(=O)COc3ccccc32)cc1. The molecule has 1 heterocycles. The Morgan fingerprint density at radius 3 is 2.50 bits per heavy atom. The van der Waals surface area contributed by atoms with E-state index in [2.05, 4.69) is 5.32 Å². The summed E-state index contributed by atoms with van der Waals surface area (Å²) in [7, 11) is 0. The predicted octanol–water partition coefficient (Wildman–Crippen LogP) is 1.93. The fraction of sp³-hybridized carbons (Fsp3) is 0.211. The van der Waals surface area contributed by atoms with E-state index in [-0.39, 0.29) is 24.0 Å². The first-order valence-corrected chi connectivity index (χ1v) is 8.20. The van der Waals surface area contributed by atoms with Crippen molar-refractivity contribution in [2.75, 3.05) is 24.6 Å². The van der Waals surface area contributed by atoms with Crippen molar-refractivity contribution in [3.8, 4) is 5.75 Å². The number of carbonyl (C=O) groups excluding carboxylic acids is 2. The third-order valence-electron chi connectivity index (χ3n) is 4.05. The van der Waals surface area contributed by atoms with Gasteiger partial charge in [-0.25, -0.2) is 4.79 Å². The van der Waals surface area contributed by atoms with Crippen molar-refractivity contribution >= 4 is 23.5 Å². The van der Waals surface area contributed by atoms with Gasteiger partial charge in [-0.2, -0.15) is 0 Å². The van der Waals surface area contributed by atoms with Crippen LogP contribution in [0.25, 0.3) is 0 Å². The number of ether oxygens (including phenoxy) is 1. The topological polar surface area (TPSA) is 95.9 Å². The lowest BCUT2D eigenvalue weighted by Crippen LogP contribution is -2.40. The molecule has 0 bridgehead atoms. The highest BCUT2D eigenvalue weighted by Gasteiger charge is 2.24. The highest BCUT2D eigenvalue weighted by atomic mass is 16.5. The maximum Gasteiger partial charge on any atom is 0.335 e. The average molecular weight is 354 g/mol. The Morgan fingerprint density at radius 1 is 1.08 bits per heavy atom. The monoisotopic (exact) mass is 354 g/mol. The second-order valence-corrected chi connectivity index (χ2v) is 5.79. The van der Waals surface area contributed by atoms with Crippen LogP contribution < -0.4 is 15.0 Å². The van der Waals surface area contributed by atoms with Crippen molar-refractivity contribution in [1.82, 2.24) is 5.32 Å². The van der Waals surface area contributed by atoms with Crippen molar-refractivity contribution in [1.29, 1.82) is 0 Å². The highest BCUT2D eigenvalue weighted by molar-refractivity contribution is 5.98. The molecule has 0 unspecified atom stereocenters. The standard InChI is InChI=1S/C19H18N2O5/c22-17-12-26-16-5-2-1-4-15(16)21(17)11-3-10-20-18(23)13-6-8-14(9-7-13)19(24)25/h1-2,4-9H,3,10-12H2,(H,20,23)(H,24,25). The van der Waals surface area contributed by atoms with E-state index in [1.807, 2.05) is 24.3 Å². The predicted molar refractivity (Wildman–Crippen MR) is 94.6 cm³/mol. The molecule has 0 aromatic heterocycles. The number of nitrogens with zero attached hydrogens (tertiary/aromatic N) is 1. The molecule has 0 spiro atoms. The zero-order valence-corrected chi connectivity index (χ0v) is 14.0. The molecule has 2 aromatic rings. The minimum Gasteiger partial charge on any atom is -0.482 e. The number of carbonyl (C=O) groups is 3. The van der Waals surface area contributed by atoms with Crippen molar-refractivity contribution < 1.29 is 24.2 Å². The molecule has 0 radical (unpaired) electrons. The van der Waals surface area contributed by atoms with E-state index in [4.69, 9.17) is 9.84 Å². The van der Waals surface area contributed by atoms with Crippen LogP contribution in [0.2, 0.25) is 0 Å². The Morgan fingerprint density at radius 2 is 1.77 bits per heavy atom. The smallest absolute Gasteiger partial charge is 0.335 e. The summed E-state index contributed by atoms with van der Waals surface area (Å²) in [5, 5.41) is 11.6. The molecule has 7 nitrogen and oxygen atoms in total. The molecule has 2 amide bonds. The van der Waals surface area contributed by atoms with Crippen molar-refractivity contribution in [2.24, 2.45) is 0 Å². The normalized spacial score (nSPS) is 12.9. The number of nitrogens with one attached hydrogen (secondary N) is 1. The van der Waals surface area contributed by atoms with Gasteiger partial charge in [0.25, 0.3) is 11.8 Å². The molecule has 1 aliphatic rings. The second-order valence-electron chi connectivity index (χ2n) is 5.79. The number of para-hydroxylation sites is 2. The fourth-order valence-electron chi connectivity index (χ4n) is 2.70. The Balaban J connectivity index is 1.52. The molecule has 3 rings (SSSR count). The number of carboxylic acid groups (broad SMARTS) is 1. The third-order valence-corrected chi connectivity index (χ3v) is 4.05. The number of anilines is 1. The number of hydrogen-bond acceptors (Lipinski definition) is 4. The van der Waals surface area contributed by atoms with Crippen molar-refractivity contribution in [3.05, 3.63) is 59.7 Å². The summed E-state index contributed by atoms with van der Waals surface area (Å²) in [5.74, 6) is -0.753.